The smallest absolute Gasteiger partial charge is 0.0625 e. The molecule has 3 heteroatoms. The molecule has 0 amide bonds. The minimum Gasteiger partial charge on any atom is -0.311 e. The monoisotopic (exact) mass is 283 g/mol. The Labute approximate surface area is 127 Å². The number of hydrogen-bond acceptors (Lipinski definition) is 2. The lowest BCUT2D eigenvalue weighted by atomic mass is 9.99. The molecular formula is C18H25N3. The van der Waals surface area contributed by atoms with Gasteiger partial charge in [0.2, 0.25) is 0 Å². The molecule has 21 heavy (non-hydrogen) atoms. The second-order valence-corrected chi connectivity index (χ2v) is 6.04. The minimum absolute atomic E-state index is 0.322. The Bertz CT molecular complexity index is 627. The van der Waals surface area contributed by atoms with E-state index in [1.54, 1.807) is 11.1 Å². The van der Waals surface area contributed by atoms with Crippen molar-refractivity contribution in [3.8, 4) is 0 Å². The average Bonchev–Trinajstić information content (AvgIpc) is 3.10. The van der Waals surface area contributed by atoms with Crippen LogP contribution in [-0.4, -0.2) is 16.8 Å². The van der Waals surface area contributed by atoms with Crippen molar-refractivity contribution in [2.24, 2.45) is 7.05 Å². The Morgan fingerprint density at radius 3 is 2.76 bits per heavy atom. The van der Waals surface area contributed by atoms with Crippen LogP contribution in [0.4, 0.5) is 0 Å². The van der Waals surface area contributed by atoms with E-state index in [0.717, 1.165) is 12.8 Å². The lowest BCUT2D eigenvalue weighted by Crippen LogP contribution is -2.21. The average molecular weight is 283 g/mol. The molecule has 0 saturated carbocycles. The second-order valence-electron chi connectivity index (χ2n) is 6.04. The first-order valence-corrected chi connectivity index (χ1v) is 8.02. The van der Waals surface area contributed by atoms with Gasteiger partial charge in [0.15, 0.2) is 0 Å². The van der Waals surface area contributed by atoms with Gasteiger partial charge in [-0.25, -0.2) is 0 Å². The first-order chi connectivity index (χ1) is 10.2. The van der Waals surface area contributed by atoms with E-state index in [-0.39, 0.29) is 0 Å². The highest BCUT2D eigenvalue weighted by Gasteiger charge is 2.17. The molecule has 1 heterocycles. The highest BCUT2D eigenvalue weighted by Crippen LogP contribution is 2.25. The van der Waals surface area contributed by atoms with Gasteiger partial charge in [-0.15, -0.1) is 0 Å². The van der Waals surface area contributed by atoms with E-state index in [1.165, 1.54) is 36.2 Å². The topological polar surface area (TPSA) is 29.9 Å². The number of nitrogens with zero attached hydrogens (tertiary/aromatic N) is 2. The quantitative estimate of drug-likeness (QED) is 0.914. The molecule has 1 N–H and O–H groups in total. The van der Waals surface area contributed by atoms with Crippen molar-refractivity contribution in [1.29, 1.82) is 0 Å². The highest BCUT2D eigenvalue weighted by atomic mass is 15.3. The summed E-state index contributed by atoms with van der Waals surface area (Å²) in [5.74, 6) is 0. The van der Waals surface area contributed by atoms with Crippen LogP contribution >= 0.6 is 0 Å². The fraction of sp³-hybridized carbons (Fsp3) is 0.500. The lowest BCUT2D eigenvalue weighted by Gasteiger charge is -2.17. The van der Waals surface area contributed by atoms with E-state index in [4.69, 9.17) is 0 Å². The molecule has 3 nitrogen and oxygen atoms in total. The Morgan fingerprint density at radius 1 is 1.24 bits per heavy atom. The largest absolute Gasteiger partial charge is 0.311 e. The first kappa shape index (κ1) is 14.3. The predicted octanol–water partition coefficient (Wildman–Crippen LogP) is 2.97. The Kier molecular flexibility index (Phi) is 4.11. The van der Waals surface area contributed by atoms with Crippen LogP contribution in [0.25, 0.3) is 0 Å². The standard InChI is InChI=1S/C18H25N3/c1-4-16-12-18(21(3)20-16)17(19-2)11-13-8-9-14-6-5-7-15(14)10-13/h8-10,12,17,19H,4-7,11H2,1-3H3. The third kappa shape index (κ3) is 2.88. The third-order valence-electron chi connectivity index (χ3n) is 4.64. The van der Waals surface area contributed by atoms with E-state index in [1.807, 2.05) is 18.8 Å². The molecule has 0 fully saturated rings. The predicted molar refractivity (Wildman–Crippen MR) is 86.6 cm³/mol. The highest BCUT2D eigenvalue weighted by molar-refractivity contribution is 5.36. The zero-order valence-corrected chi connectivity index (χ0v) is 13.3. The van der Waals surface area contributed by atoms with Crippen molar-refractivity contribution in [1.82, 2.24) is 15.1 Å². The van der Waals surface area contributed by atoms with Crippen LogP contribution in [0, 0.1) is 0 Å². The molecule has 1 aliphatic rings. The number of fused-ring (bicyclic) bond motifs is 1. The molecule has 1 aromatic heterocycles. The molecule has 1 aliphatic carbocycles. The first-order valence-electron chi connectivity index (χ1n) is 8.02. The van der Waals surface area contributed by atoms with Crippen molar-refractivity contribution in [2.45, 2.75) is 45.1 Å². The summed E-state index contributed by atoms with van der Waals surface area (Å²) < 4.78 is 2.02. The summed E-state index contributed by atoms with van der Waals surface area (Å²) in [7, 11) is 4.08. The molecule has 0 bridgehead atoms. The number of aryl methyl sites for hydroxylation is 4. The van der Waals surface area contributed by atoms with Crippen molar-refractivity contribution in [3.63, 3.8) is 0 Å². The fourth-order valence-electron chi connectivity index (χ4n) is 3.38. The maximum atomic E-state index is 4.57. The van der Waals surface area contributed by atoms with E-state index in [0.29, 0.717) is 6.04 Å². The SMILES string of the molecule is CCc1cc(C(Cc2ccc3c(c2)CCC3)NC)n(C)n1. The maximum absolute atomic E-state index is 4.57. The van der Waals surface area contributed by atoms with Crippen LogP contribution in [-0.2, 0) is 32.7 Å². The summed E-state index contributed by atoms with van der Waals surface area (Å²) in [6.45, 7) is 2.15. The van der Waals surface area contributed by atoms with Gasteiger partial charge >= 0.3 is 0 Å². The van der Waals surface area contributed by atoms with Gasteiger partial charge in [-0.05, 0) is 61.9 Å². The number of nitrogens with one attached hydrogen (secondary N) is 1. The molecule has 0 aliphatic heterocycles. The summed E-state index contributed by atoms with van der Waals surface area (Å²) in [6.07, 6.45) is 5.83. The van der Waals surface area contributed by atoms with Gasteiger partial charge in [-0.3, -0.25) is 4.68 Å². The molecule has 0 saturated heterocycles. The van der Waals surface area contributed by atoms with Crippen molar-refractivity contribution >= 4 is 0 Å². The zero-order chi connectivity index (χ0) is 14.8. The number of aromatic nitrogens is 2. The van der Waals surface area contributed by atoms with E-state index < -0.39 is 0 Å². The van der Waals surface area contributed by atoms with Crippen LogP contribution in [0.3, 0.4) is 0 Å². The molecule has 1 unspecified atom stereocenters. The summed E-state index contributed by atoms with van der Waals surface area (Å²) in [4.78, 5) is 0. The lowest BCUT2D eigenvalue weighted by molar-refractivity contribution is 0.536. The molecular weight excluding hydrogens is 258 g/mol. The normalized spacial score (nSPS) is 15.2. The van der Waals surface area contributed by atoms with Gasteiger partial charge in [0, 0.05) is 7.05 Å². The van der Waals surface area contributed by atoms with Crippen LogP contribution in [0.2, 0.25) is 0 Å². The van der Waals surface area contributed by atoms with E-state index in [2.05, 4.69) is 41.6 Å². The number of benzene rings is 1. The molecule has 2 aromatic rings. The van der Waals surface area contributed by atoms with Crippen molar-refractivity contribution < 1.29 is 0 Å². The van der Waals surface area contributed by atoms with E-state index in [9.17, 15) is 0 Å². The molecule has 1 atom stereocenters. The molecule has 0 spiro atoms. The van der Waals surface area contributed by atoms with Crippen LogP contribution in [0.5, 0.6) is 0 Å². The van der Waals surface area contributed by atoms with Gasteiger partial charge in [-0.2, -0.15) is 5.10 Å². The fourth-order valence-corrected chi connectivity index (χ4v) is 3.38. The number of likely N-dealkylation sites (N-methyl/N-ethyl adjacent to an activating group) is 1. The van der Waals surface area contributed by atoms with Crippen LogP contribution in [0.1, 0.15) is 47.5 Å². The van der Waals surface area contributed by atoms with Gasteiger partial charge in [-0.1, -0.05) is 25.1 Å². The van der Waals surface area contributed by atoms with Crippen molar-refractivity contribution in [2.75, 3.05) is 7.05 Å². The second kappa shape index (κ2) is 6.02. The van der Waals surface area contributed by atoms with E-state index >= 15 is 0 Å². The maximum Gasteiger partial charge on any atom is 0.0625 e. The Morgan fingerprint density at radius 2 is 2.05 bits per heavy atom. The molecule has 3 rings (SSSR count). The van der Waals surface area contributed by atoms with Gasteiger partial charge in [0.1, 0.15) is 0 Å². The van der Waals surface area contributed by atoms with Gasteiger partial charge in [0.25, 0.3) is 0 Å². The summed E-state index contributed by atoms with van der Waals surface area (Å²) >= 11 is 0. The van der Waals surface area contributed by atoms with Crippen LogP contribution < -0.4 is 5.32 Å². The molecule has 0 radical (unpaired) electrons. The van der Waals surface area contributed by atoms with Gasteiger partial charge in [0.05, 0.1) is 17.4 Å². The Balaban J connectivity index is 1.82. The third-order valence-corrected chi connectivity index (χ3v) is 4.64. The summed E-state index contributed by atoms with van der Waals surface area (Å²) in [5, 5.41) is 8.03. The van der Waals surface area contributed by atoms with Crippen LogP contribution in [0.15, 0.2) is 24.3 Å². The molecule has 112 valence electrons. The Hall–Kier alpha value is -1.61. The van der Waals surface area contributed by atoms with Crippen molar-refractivity contribution in [3.05, 3.63) is 52.3 Å². The minimum atomic E-state index is 0.322. The summed E-state index contributed by atoms with van der Waals surface area (Å²) in [6, 6.07) is 9.58. The van der Waals surface area contributed by atoms with Gasteiger partial charge < -0.3 is 5.32 Å². The molecule has 1 aromatic carbocycles. The summed E-state index contributed by atoms with van der Waals surface area (Å²) in [5.41, 5.74) is 6.97. The number of rotatable bonds is 5. The number of hydrogen-bond donors (Lipinski definition) is 1. The zero-order valence-electron chi connectivity index (χ0n) is 13.3.